The third kappa shape index (κ3) is 4.06. The zero-order valence-corrected chi connectivity index (χ0v) is 15.9. The summed E-state index contributed by atoms with van der Waals surface area (Å²) in [5.41, 5.74) is 0.566. The van der Waals surface area contributed by atoms with Crippen LogP contribution in [0.5, 0.6) is 0 Å². The Kier molecular flexibility index (Phi) is 5.16. The lowest BCUT2D eigenvalue weighted by molar-refractivity contribution is -0.145. The second-order valence-electron chi connectivity index (χ2n) is 6.87. The monoisotopic (exact) mass is 396 g/mol. The van der Waals surface area contributed by atoms with Crippen molar-refractivity contribution in [1.82, 2.24) is 9.55 Å². The van der Waals surface area contributed by atoms with Gasteiger partial charge in [-0.05, 0) is 37.1 Å². The van der Waals surface area contributed by atoms with E-state index in [-0.39, 0.29) is 30.4 Å². The van der Waals surface area contributed by atoms with Crippen molar-refractivity contribution >= 4 is 22.8 Å². The van der Waals surface area contributed by atoms with E-state index < -0.39 is 11.9 Å². The Labute approximate surface area is 166 Å². The second-order valence-corrected chi connectivity index (χ2v) is 6.87. The van der Waals surface area contributed by atoms with Crippen LogP contribution in [0.25, 0.3) is 10.9 Å². The first-order chi connectivity index (χ1) is 14.1. The first kappa shape index (κ1) is 18.9. The number of furan rings is 1. The number of esters is 2. The summed E-state index contributed by atoms with van der Waals surface area (Å²) >= 11 is 0. The van der Waals surface area contributed by atoms with Gasteiger partial charge in [-0.1, -0.05) is 12.1 Å². The van der Waals surface area contributed by atoms with Crippen molar-refractivity contribution in [2.75, 3.05) is 7.11 Å². The number of hydrogen-bond donors (Lipinski definition) is 0. The van der Waals surface area contributed by atoms with Gasteiger partial charge in [0.1, 0.15) is 18.2 Å². The van der Waals surface area contributed by atoms with Crippen LogP contribution in [0.1, 0.15) is 47.4 Å². The van der Waals surface area contributed by atoms with Crippen LogP contribution in [0.15, 0.2) is 45.6 Å². The maximum atomic E-state index is 12.8. The number of methoxy groups -OCH3 is 1. The Morgan fingerprint density at radius 3 is 2.76 bits per heavy atom. The standard InChI is InChI=1S/C21H20N2O6/c1-27-21(26)17-9-8-14(29-17)12-28-19(24)11-10-18-22-16-5-3-2-4-15(16)20(25)23(18)13-6-7-13/h2-5,8-9,13H,6-7,10-12H2,1H3. The molecule has 0 N–H and O–H groups in total. The van der Waals surface area contributed by atoms with E-state index in [1.165, 1.54) is 13.2 Å². The number of rotatable bonds is 7. The highest BCUT2D eigenvalue weighted by atomic mass is 16.5. The van der Waals surface area contributed by atoms with Crippen LogP contribution in [0.2, 0.25) is 0 Å². The molecule has 1 aliphatic carbocycles. The Morgan fingerprint density at radius 2 is 2.00 bits per heavy atom. The van der Waals surface area contributed by atoms with E-state index >= 15 is 0 Å². The van der Waals surface area contributed by atoms with E-state index in [1.54, 1.807) is 22.8 Å². The Morgan fingerprint density at radius 1 is 1.21 bits per heavy atom. The predicted octanol–water partition coefficient (Wildman–Crippen LogP) is 2.79. The summed E-state index contributed by atoms with van der Waals surface area (Å²) in [7, 11) is 1.26. The Hall–Kier alpha value is -3.42. The summed E-state index contributed by atoms with van der Waals surface area (Å²) in [4.78, 5) is 41.0. The van der Waals surface area contributed by atoms with Crippen molar-refractivity contribution in [3.05, 3.63) is 64.1 Å². The highest BCUT2D eigenvalue weighted by Crippen LogP contribution is 2.34. The maximum absolute atomic E-state index is 12.8. The zero-order chi connectivity index (χ0) is 20.4. The summed E-state index contributed by atoms with van der Waals surface area (Å²) in [5.74, 6) is -0.0438. The minimum absolute atomic E-state index is 0.0485. The molecule has 2 aromatic heterocycles. The molecule has 0 radical (unpaired) electrons. The van der Waals surface area contributed by atoms with Crippen molar-refractivity contribution in [3.63, 3.8) is 0 Å². The Balaban J connectivity index is 1.42. The molecule has 0 bridgehead atoms. The van der Waals surface area contributed by atoms with Gasteiger partial charge in [-0.15, -0.1) is 0 Å². The van der Waals surface area contributed by atoms with Crippen molar-refractivity contribution < 1.29 is 23.5 Å². The van der Waals surface area contributed by atoms with Gasteiger partial charge in [0.15, 0.2) is 0 Å². The number of fused-ring (bicyclic) bond motifs is 1. The summed E-state index contributed by atoms with van der Waals surface area (Å²) < 4.78 is 16.7. The number of para-hydroxylation sites is 1. The molecule has 2 heterocycles. The molecule has 0 aliphatic heterocycles. The third-order valence-corrected chi connectivity index (χ3v) is 4.77. The van der Waals surface area contributed by atoms with E-state index in [1.807, 2.05) is 12.1 Å². The van der Waals surface area contributed by atoms with E-state index in [2.05, 4.69) is 9.72 Å². The van der Waals surface area contributed by atoms with E-state index in [4.69, 9.17) is 9.15 Å². The Bertz CT molecular complexity index is 1130. The molecule has 8 nitrogen and oxygen atoms in total. The molecule has 0 atom stereocenters. The van der Waals surface area contributed by atoms with Crippen LogP contribution >= 0.6 is 0 Å². The van der Waals surface area contributed by atoms with Gasteiger partial charge in [0.25, 0.3) is 5.56 Å². The van der Waals surface area contributed by atoms with Crippen LogP contribution in [-0.2, 0) is 27.3 Å². The highest BCUT2D eigenvalue weighted by Gasteiger charge is 2.28. The number of hydrogen-bond acceptors (Lipinski definition) is 7. The van der Waals surface area contributed by atoms with Gasteiger partial charge in [-0.3, -0.25) is 14.2 Å². The number of carbonyl (C=O) groups is 2. The number of carbonyl (C=O) groups excluding carboxylic acids is 2. The van der Waals surface area contributed by atoms with Crippen molar-refractivity contribution in [2.24, 2.45) is 0 Å². The molecule has 1 saturated carbocycles. The van der Waals surface area contributed by atoms with Gasteiger partial charge >= 0.3 is 11.9 Å². The molecular formula is C21H20N2O6. The largest absolute Gasteiger partial charge is 0.463 e. The lowest BCUT2D eigenvalue weighted by Crippen LogP contribution is -2.25. The number of benzene rings is 1. The smallest absolute Gasteiger partial charge is 0.373 e. The van der Waals surface area contributed by atoms with Gasteiger partial charge in [-0.25, -0.2) is 9.78 Å². The molecule has 1 aromatic carbocycles. The van der Waals surface area contributed by atoms with Crippen LogP contribution in [0, 0.1) is 0 Å². The molecule has 0 spiro atoms. The number of ether oxygens (including phenoxy) is 2. The predicted molar refractivity (Wildman–Crippen MR) is 102 cm³/mol. The third-order valence-electron chi connectivity index (χ3n) is 4.77. The van der Waals surface area contributed by atoms with Gasteiger partial charge < -0.3 is 13.9 Å². The molecule has 1 aliphatic rings. The normalized spacial score (nSPS) is 13.4. The molecular weight excluding hydrogens is 376 g/mol. The first-order valence-electron chi connectivity index (χ1n) is 9.39. The van der Waals surface area contributed by atoms with Gasteiger partial charge in [-0.2, -0.15) is 0 Å². The van der Waals surface area contributed by atoms with E-state index in [0.29, 0.717) is 28.9 Å². The average Bonchev–Trinajstić information content (AvgIpc) is 3.46. The lowest BCUT2D eigenvalue weighted by atomic mass is 10.2. The fourth-order valence-electron chi connectivity index (χ4n) is 3.18. The summed E-state index contributed by atoms with van der Waals surface area (Å²) in [5, 5.41) is 0.588. The lowest BCUT2D eigenvalue weighted by Gasteiger charge is -2.12. The summed E-state index contributed by atoms with van der Waals surface area (Å²) in [6.45, 7) is -0.0869. The first-order valence-corrected chi connectivity index (χ1v) is 9.39. The molecule has 29 heavy (non-hydrogen) atoms. The van der Waals surface area contributed by atoms with Crippen molar-refractivity contribution in [1.29, 1.82) is 0 Å². The minimum atomic E-state index is -0.594. The van der Waals surface area contributed by atoms with Crippen LogP contribution in [-0.4, -0.2) is 28.6 Å². The molecule has 0 amide bonds. The van der Waals surface area contributed by atoms with Gasteiger partial charge in [0.05, 0.1) is 24.4 Å². The topological polar surface area (TPSA) is 101 Å². The van der Waals surface area contributed by atoms with Gasteiger partial charge in [0.2, 0.25) is 5.76 Å². The molecule has 150 valence electrons. The fraction of sp³-hybridized carbons (Fsp3) is 0.333. The molecule has 0 unspecified atom stereocenters. The quantitative estimate of drug-likeness (QED) is 0.566. The van der Waals surface area contributed by atoms with Crippen molar-refractivity contribution in [2.45, 2.75) is 38.3 Å². The van der Waals surface area contributed by atoms with E-state index in [0.717, 1.165) is 12.8 Å². The van der Waals surface area contributed by atoms with Crippen LogP contribution in [0.4, 0.5) is 0 Å². The van der Waals surface area contributed by atoms with Crippen LogP contribution in [0.3, 0.4) is 0 Å². The molecule has 4 rings (SSSR count). The minimum Gasteiger partial charge on any atom is -0.463 e. The number of nitrogens with zero attached hydrogens (tertiary/aromatic N) is 2. The zero-order valence-electron chi connectivity index (χ0n) is 15.9. The molecule has 8 heteroatoms. The average molecular weight is 396 g/mol. The molecule has 0 saturated heterocycles. The molecule has 1 fully saturated rings. The summed E-state index contributed by atoms with van der Waals surface area (Å²) in [6, 6.07) is 10.4. The van der Waals surface area contributed by atoms with E-state index in [9.17, 15) is 14.4 Å². The number of aromatic nitrogens is 2. The highest BCUT2D eigenvalue weighted by molar-refractivity contribution is 5.86. The van der Waals surface area contributed by atoms with Crippen LogP contribution < -0.4 is 5.56 Å². The second kappa shape index (κ2) is 7.90. The molecule has 3 aromatic rings. The number of aryl methyl sites for hydroxylation is 1. The maximum Gasteiger partial charge on any atom is 0.373 e. The summed E-state index contributed by atoms with van der Waals surface area (Å²) in [6.07, 6.45) is 2.28. The van der Waals surface area contributed by atoms with Crippen molar-refractivity contribution in [3.8, 4) is 0 Å². The SMILES string of the molecule is COC(=O)c1ccc(COC(=O)CCc2nc3ccccc3c(=O)n2C2CC2)o1. The van der Waals surface area contributed by atoms with Gasteiger partial charge in [0, 0.05) is 12.5 Å². The fourth-order valence-corrected chi connectivity index (χ4v) is 3.18.